The Morgan fingerprint density at radius 1 is 1.00 bits per heavy atom. The first-order valence-corrected chi connectivity index (χ1v) is 6.18. The Morgan fingerprint density at radius 3 is 2.53 bits per heavy atom. The molecule has 1 aromatic carbocycles. The van der Waals surface area contributed by atoms with Crippen molar-refractivity contribution in [3.05, 3.63) is 52.3 Å². The van der Waals surface area contributed by atoms with Crippen LogP contribution in [0.25, 0.3) is 22.8 Å². The molecule has 0 saturated heterocycles. The van der Waals surface area contributed by atoms with Gasteiger partial charge in [-0.05, 0) is 34.7 Å². The van der Waals surface area contributed by atoms with Crippen molar-refractivity contribution in [1.29, 1.82) is 0 Å². The van der Waals surface area contributed by atoms with E-state index in [0.29, 0.717) is 0 Å². The summed E-state index contributed by atoms with van der Waals surface area (Å²) < 4.78 is 11.7. The van der Waals surface area contributed by atoms with E-state index in [1.165, 1.54) is 0 Å². The van der Waals surface area contributed by atoms with Crippen LogP contribution in [-0.2, 0) is 0 Å². The molecule has 0 aliphatic carbocycles. The second-order valence-electron chi connectivity index (χ2n) is 3.52. The van der Waals surface area contributed by atoms with Gasteiger partial charge in [-0.2, -0.15) is 0 Å². The van der Waals surface area contributed by atoms with Crippen LogP contribution in [0.3, 0.4) is 0 Å². The Bertz CT molecular complexity index is 614. The van der Waals surface area contributed by atoms with E-state index >= 15 is 0 Å². The fourth-order valence-corrected chi connectivity index (χ4v) is 2.39. The lowest BCUT2D eigenvalue weighted by molar-refractivity contribution is 0.431. The molecule has 0 radical (unpaired) electrons. The van der Waals surface area contributed by atoms with Gasteiger partial charge in [-0.3, -0.25) is 0 Å². The van der Waals surface area contributed by atoms with Gasteiger partial charge >= 0.3 is 0 Å². The number of halogens is 1. The van der Waals surface area contributed by atoms with E-state index in [9.17, 15) is 0 Å². The standard InChI is InChI=1S/C13H8INO2/c14-11-12(10-7-4-8-16-10)15-17-13(11)9-5-2-1-3-6-9/h1-8H. The Labute approximate surface area is 112 Å². The largest absolute Gasteiger partial charge is 0.463 e. The van der Waals surface area contributed by atoms with Crippen molar-refractivity contribution < 1.29 is 8.94 Å². The third kappa shape index (κ3) is 1.88. The molecule has 0 aliphatic heterocycles. The minimum atomic E-state index is 0.723. The Kier molecular flexibility index (Phi) is 2.72. The average Bonchev–Trinajstić information content (AvgIpc) is 2.99. The van der Waals surface area contributed by atoms with Crippen molar-refractivity contribution in [3.63, 3.8) is 0 Å². The molecule has 0 bridgehead atoms. The van der Waals surface area contributed by atoms with Crippen molar-refractivity contribution in [1.82, 2.24) is 5.16 Å². The summed E-state index contributed by atoms with van der Waals surface area (Å²) in [5.74, 6) is 1.50. The first-order valence-electron chi connectivity index (χ1n) is 5.11. The van der Waals surface area contributed by atoms with E-state index in [4.69, 9.17) is 8.94 Å². The van der Waals surface area contributed by atoms with Gasteiger partial charge in [0.1, 0.15) is 0 Å². The Hall–Kier alpha value is -1.56. The predicted molar refractivity (Wildman–Crippen MR) is 72.4 cm³/mol. The molecule has 84 valence electrons. The van der Waals surface area contributed by atoms with Gasteiger partial charge < -0.3 is 8.94 Å². The number of hydrogen-bond donors (Lipinski definition) is 0. The average molecular weight is 337 g/mol. The summed E-state index contributed by atoms with van der Waals surface area (Å²) in [7, 11) is 0. The third-order valence-corrected chi connectivity index (χ3v) is 3.43. The van der Waals surface area contributed by atoms with Crippen molar-refractivity contribution in [2.24, 2.45) is 0 Å². The van der Waals surface area contributed by atoms with Crippen LogP contribution in [0.1, 0.15) is 0 Å². The number of furan rings is 1. The summed E-state index contributed by atoms with van der Waals surface area (Å²) in [5, 5.41) is 4.06. The lowest BCUT2D eigenvalue weighted by atomic mass is 10.1. The number of nitrogens with zero attached hydrogens (tertiary/aromatic N) is 1. The molecule has 0 spiro atoms. The molecular weight excluding hydrogens is 329 g/mol. The first kappa shape index (κ1) is 10.6. The summed E-state index contributed by atoms with van der Waals surface area (Å²) in [4.78, 5) is 0. The predicted octanol–water partition coefficient (Wildman–Crippen LogP) is 4.21. The maximum Gasteiger partial charge on any atom is 0.180 e. The molecule has 0 saturated carbocycles. The van der Waals surface area contributed by atoms with Crippen LogP contribution in [0.5, 0.6) is 0 Å². The molecule has 0 amide bonds. The molecule has 3 rings (SSSR count). The third-order valence-electron chi connectivity index (χ3n) is 2.43. The van der Waals surface area contributed by atoms with Crippen LogP contribution < -0.4 is 0 Å². The summed E-state index contributed by atoms with van der Waals surface area (Å²) in [5.41, 5.74) is 1.76. The van der Waals surface area contributed by atoms with Crippen LogP contribution in [0.4, 0.5) is 0 Å². The van der Waals surface area contributed by atoms with Crippen molar-refractivity contribution in [2.45, 2.75) is 0 Å². The number of rotatable bonds is 2. The maximum atomic E-state index is 5.39. The van der Waals surface area contributed by atoms with Crippen LogP contribution in [-0.4, -0.2) is 5.16 Å². The molecular formula is C13H8INO2. The monoisotopic (exact) mass is 337 g/mol. The molecule has 0 aliphatic rings. The van der Waals surface area contributed by atoms with E-state index in [-0.39, 0.29) is 0 Å². The summed E-state index contributed by atoms with van der Waals surface area (Å²) >= 11 is 2.22. The van der Waals surface area contributed by atoms with Crippen molar-refractivity contribution in [2.75, 3.05) is 0 Å². The van der Waals surface area contributed by atoms with Crippen LogP contribution in [0, 0.1) is 3.57 Å². The van der Waals surface area contributed by atoms with Gasteiger partial charge in [-0.15, -0.1) is 0 Å². The molecule has 0 unspecified atom stereocenters. The molecule has 2 heterocycles. The number of aromatic nitrogens is 1. The highest BCUT2D eigenvalue weighted by Gasteiger charge is 2.17. The van der Waals surface area contributed by atoms with E-state index in [0.717, 1.165) is 26.3 Å². The van der Waals surface area contributed by atoms with Crippen LogP contribution in [0.2, 0.25) is 0 Å². The normalized spacial score (nSPS) is 10.6. The molecule has 0 atom stereocenters. The smallest absolute Gasteiger partial charge is 0.180 e. The van der Waals surface area contributed by atoms with Gasteiger partial charge in [0, 0.05) is 5.56 Å². The molecule has 0 N–H and O–H groups in total. The zero-order chi connectivity index (χ0) is 11.7. The van der Waals surface area contributed by atoms with Gasteiger partial charge in [0.25, 0.3) is 0 Å². The molecule has 3 aromatic rings. The molecule has 4 heteroatoms. The number of hydrogen-bond acceptors (Lipinski definition) is 3. The minimum absolute atomic E-state index is 0.723. The molecule has 0 fully saturated rings. The topological polar surface area (TPSA) is 39.2 Å². The van der Waals surface area contributed by atoms with E-state index < -0.39 is 0 Å². The quantitative estimate of drug-likeness (QED) is 0.658. The maximum absolute atomic E-state index is 5.39. The summed E-state index contributed by atoms with van der Waals surface area (Å²) in [6.07, 6.45) is 1.63. The van der Waals surface area contributed by atoms with Crippen molar-refractivity contribution >= 4 is 22.6 Å². The highest BCUT2D eigenvalue weighted by Crippen LogP contribution is 2.33. The Balaban J connectivity index is 2.10. The molecule has 3 nitrogen and oxygen atoms in total. The van der Waals surface area contributed by atoms with Gasteiger partial charge in [-0.25, -0.2) is 0 Å². The molecule has 2 aromatic heterocycles. The number of benzene rings is 1. The zero-order valence-corrected chi connectivity index (χ0v) is 10.9. The Morgan fingerprint density at radius 2 is 1.82 bits per heavy atom. The lowest BCUT2D eigenvalue weighted by Gasteiger charge is -1.95. The van der Waals surface area contributed by atoms with Crippen molar-refractivity contribution in [3.8, 4) is 22.8 Å². The summed E-state index contributed by atoms with van der Waals surface area (Å²) in [6, 6.07) is 13.6. The fraction of sp³-hybridized carbons (Fsp3) is 0. The van der Waals surface area contributed by atoms with E-state index in [1.54, 1.807) is 6.26 Å². The van der Waals surface area contributed by atoms with Crippen LogP contribution >= 0.6 is 22.6 Å². The zero-order valence-electron chi connectivity index (χ0n) is 8.76. The highest BCUT2D eigenvalue weighted by molar-refractivity contribution is 14.1. The van der Waals surface area contributed by atoms with Gasteiger partial charge in [-0.1, -0.05) is 35.5 Å². The second-order valence-corrected chi connectivity index (χ2v) is 4.60. The summed E-state index contributed by atoms with van der Waals surface area (Å²) in [6.45, 7) is 0. The van der Waals surface area contributed by atoms with Gasteiger partial charge in [0.15, 0.2) is 17.2 Å². The van der Waals surface area contributed by atoms with Gasteiger partial charge in [0.05, 0.1) is 9.83 Å². The van der Waals surface area contributed by atoms with Gasteiger partial charge in [0.2, 0.25) is 0 Å². The lowest BCUT2D eigenvalue weighted by Crippen LogP contribution is -1.79. The second kappa shape index (κ2) is 4.37. The first-order chi connectivity index (χ1) is 8.36. The minimum Gasteiger partial charge on any atom is -0.463 e. The highest BCUT2D eigenvalue weighted by atomic mass is 127. The van der Waals surface area contributed by atoms with E-state index in [1.807, 2.05) is 42.5 Å². The van der Waals surface area contributed by atoms with Crippen LogP contribution in [0.15, 0.2) is 57.7 Å². The molecule has 17 heavy (non-hydrogen) atoms. The SMILES string of the molecule is Ic1c(-c2ccco2)noc1-c1ccccc1. The van der Waals surface area contributed by atoms with E-state index in [2.05, 4.69) is 27.7 Å². The fourth-order valence-electron chi connectivity index (χ4n) is 1.61.